The van der Waals surface area contributed by atoms with E-state index in [2.05, 4.69) is 10.3 Å². The number of nitrogens with two attached hydrogens (primary N) is 2. The van der Waals surface area contributed by atoms with Crippen LogP contribution in [0.25, 0.3) is 6.08 Å². The quantitative estimate of drug-likeness (QED) is 0.239. The van der Waals surface area contributed by atoms with Gasteiger partial charge in [-0.2, -0.15) is 0 Å². The number of carboxylic acid groups (broad SMARTS) is 1. The first-order valence-corrected chi connectivity index (χ1v) is 6.91. The van der Waals surface area contributed by atoms with Crippen molar-refractivity contribution >= 4 is 23.9 Å². The lowest BCUT2D eigenvalue weighted by Gasteiger charge is -2.12. The minimum Gasteiger partial charge on any atom is -0.480 e. The number of aliphatic imine (C=N–C) groups is 1. The van der Waals surface area contributed by atoms with Gasteiger partial charge in [-0.05, 0) is 36.6 Å². The van der Waals surface area contributed by atoms with Crippen LogP contribution >= 0.6 is 0 Å². The summed E-state index contributed by atoms with van der Waals surface area (Å²) in [5, 5.41) is 11.4. The maximum atomic E-state index is 13.0. The number of carbonyl (C=O) groups is 2. The first-order valence-electron chi connectivity index (χ1n) is 6.91. The van der Waals surface area contributed by atoms with Crippen LogP contribution in [-0.4, -0.2) is 35.5 Å². The molecule has 0 heterocycles. The minimum absolute atomic E-state index is 0.0704. The second-order valence-electron chi connectivity index (χ2n) is 4.74. The monoisotopic (exact) mass is 322 g/mol. The summed E-state index contributed by atoms with van der Waals surface area (Å²) in [7, 11) is 0. The van der Waals surface area contributed by atoms with Crippen LogP contribution in [0, 0.1) is 5.82 Å². The third-order valence-corrected chi connectivity index (χ3v) is 2.84. The van der Waals surface area contributed by atoms with Gasteiger partial charge in [0.25, 0.3) is 0 Å². The van der Waals surface area contributed by atoms with E-state index in [-0.39, 0.29) is 18.9 Å². The number of halogens is 1. The minimum atomic E-state index is -1.15. The highest BCUT2D eigenvalue weighted by Gasteiger charge is 2.18. The largest absolute Gasteiger partial charge is 0.480 e. The molecule has 8 heteroatoms. The lowest BCUT2D eigenvalue weighted by Crippen LogP contribution is -2.40. The van der Waals surface area contributed by atoms with Crippen molar-refractivity contribution in [3.05, 3.63) is 41.7 Å². The molecule has 1 unspecified atom stereocenters. The zero-order valence-corrected chi connectivity index (χ0v) is 12.4. The Labute approximate surface area is 132 Å². The van der Waals surface area contributed by atoms with Crippen molar-refractivity contribution in [2.45, 2.75) is 18.9 Å². The van der Waals surface area contributed by atoms with Gasteiger partial charge in [-0.15, -0.1) is 0 Å². The molecule has 23 heavy (non-hydrogen) atoms. The molecule has 0 aromatic heterocycles. The van der Waals surface area contributed by atoms with E-state index >= 15 is 0 Å². The molecule has 1 aromatic rings. The Morgan fingerprint density at radius 1 is 1.39 bits per heavy atom. The van der Waals surface area contributed by atoms with Gasteiger partial charge in [0, 0.05) is 12.6 Å². The molecule has 0 aliphatic rings. The molecule has 6 N–H and O–H groups in total. The number of nitrogens with one attached hydrogen (secondary N) is 1. The van der Waals surface area contributed by atoms with E-state index < -0.39 is 23.7 Å². The summed E-state index contributed by atoms with van der Waals surface area (Å²) in [4.78, 5) is 26.6. The summed E-state index contributed by atoms with van der Waals surface area (Å²) in [6.07, 6.45) is 3.14. The second-order valence-corrected chi connectivity index (χ2v) is 4.74. The average molecular weight is 322 g/mol. The van der Waals surface area contributed by atoms with Gasteiger partial charge in [-0.1, -0.05) is 12.1 Å². The molecule has 1 rings (SSSR count). The van der Waals surface area contributed by atoms with Crippen LogP contribution in [0.15, 0.2) is 35.3 Å². The van der Waals surface area contributed by atoms with Crippen LogP contribution in [0.3, 0.4) is 0 Å². The normalized spacial score (nSPS) is 11.9. The van der Waals surface area contributed by atoms with Gasteiger partial charge in [-0.25, -0.2) is 9.18 Å². The van der Waals surface area contributed by atoms with Crippen LogP contribution < -0.4 is 16.8 Å². The summed E-state index contributed by atoms with van der Waals surface area (Å²) < 4.78 is 13.0. The third-order valence-electron chi connectivity index (χ3n) is 2.84. The predicted octanol–water partition coefficient (Wildman–Crippen LogP) is 0.462. The van der Waals surface area contributed by atoms with Crippen molar-refractivity contribution in [2.75, 3.05) is 6.54 Å². The highest BCUT2D eigenvalue weighted by atomic mass is 19.1. The van der Waals surface area contributed by atoms with Crippen molar-refractivity contribution in [3.63, 3.8) is 0 Å². The van der Waals surface area contributed by atoms with Crippen molar-refractivity contribution in [1.82, 2.24) is 5.32 Å². The second kappa shape index (κ2) is 9.19. The molecule has 1 aromatic carbocycles. The number of hydrogen-bond donors (Lipinski definition) is 4. The number of aliphatic carboxylic acids is 1. The number of rotatable bonds is 8. The molecule has 0 saturated carbocycles. The Morgan fingerprint density at radius 3 is 2.74 bits per heavy atom. The van der Waals surface area contributed by atoms with Gasteiger partial charge in [0.2, 0.25) is 5.91 Å². The molecule has 1 amide bonds. The molecule has 7 nitrogen and oxygen atoms in total. The third kappa shape index (κ3) is 7.60. The molecule has 0 saturated heterocycles. The number of carboxylic acids is 1. The van der Waals surface area contributed by atoms with Gasteiger partial charge in [0.1, 0.15) is 11.9 Å². The Kier molecular flexibility index (Phi) is 7.25. The van der Waals surface area contributed by atoms with E-state index in [4.69, 9.17) is 16.6 Å². The maximum absolute atomic E-state index is 13.0. The zero-order valence-electron chi connectivity index (χ0n) is 12.4. The van der Waals surface area contributed by atoms with Crippen LogP contribution in [0.2, 0.25) is 0 Å². The summed E-state index contributed by atoms with van der Waals surface area (Å²) in [6.45, 7) is 0.279. The van der Waals surface area contributed by atoms with Gasteiger partial charge in [0.05, 0.1) is 0 Å². The van der Waals surface area contributed by atoms with Gasteiger partial charge < -0.3 is 21.9 Å². The van der Waals surface area contributed by atoms with Crippen LogP contribution in [0.1, 0.15) is 18.4 Å². The highest BCUT2D eigenvalue weighted by Crippen LogP contribution is 2.05. The van der Waals surface area contributed by atoms with Crippen LogP contribution in [0.4, 0.5) is 4.39 Å². The first kappa shape index (κ1) is 18.1. The van der Waals surface area contributed by atoms with Gasteiger partial charge >= 0.3 is 5.97 Å². The van der Waals surface area contributed by atoms with Crippen molar-refractivity contribution in [1.29, 1.82) is 0 Å². The molecule has 0 aliphatic carbocycles. The summed E-state index contributed by atoms with van der Waals surface area (Å²) >= 11 is 0. The highest BCUT2D eigenvalue weighted by molar-refractivity contribution is 5.94. The Morgan fingerprint density at radius 2 is 2.13 bits per heavy atom. The molecule has 0 aliphatic heterocycles. The molecule has 0 radical (unpaired) electrons. The Balaban J connectivity index is 2.53. The number of guanidine groups is 1. The lowest BCUT2D eigenvalue weighted by molar-refractivity contribution is -0.141. The maximum Gasteiger partial charge on any atom is 0.326 e. The standard InChI is InChI=1S/C15H19FN4O3/c16-11-4-1-3-10(9-11)6-7-13(21)20-12(14(22)23)5-2-8-19-15(17)18/h1,3-4,6-7,9,12H,2,5,8H2,(H,20,21)(H,22,23)(H4,17,18,19)/b7-6+. The molecular weight excluding hydrogens is 303 g/mol. The van der Waals surface area contributed by atoms with E-state index in [1.807, 2.05) is 0 Å². The number of amides is 1. The lowest BCUT2D eigenvalue weighted by atomic mass is 10.1. The SMILES string of the molecule is NC(N)=NCCCC(NC(=O)/C=C/c1cccc(F)c1)C(=O)O. The topological polar surface area (TPSA) is 131 Å². The van der Waals surface area contributed by atoms with Crippen molar-refractivity contribution in [2.24, 2.45) is 16.5 Å². The molecule has 0 bridgehead atoms. The molecule has 124 valence electrons. The van der Waals surface area contributed by atoms with Crippen LogP contribution in [-0.2, 0) is 9.59 Å². The number of hydrogen-bond acceptors (Lipinski definition) is 3. The summed E-state index contributed by atoms with van der Waals surface area (Å²) in [6, 6.07) is 4.63. The fourth-order valence-corrected chi connectivity index (χ4v) is 1.76. The Bertz CT molecular complexity index is 612. The van der Waals surface area contributed by atoms with E-state index in [0.29, 0.717) is 12.0 Å². The number of nitrogens with zero attached hydrogens (tertiary/aromatic N) is 1. The summed E-state index contributed by atoms with van der Waals surface area (Å²) in [5.74, 6) is -2.22. The van der Waals surface area contributed by atoms with Crippen LogP contribution in [0.5, 0.6) is 0 Å². The Hall–Kier alpha value is -2.90. The van der Waals surface area contributed by atoms with Gasteiger partial charge in [0.15, 0.2) is 5.96 Å². The molecule has 1 atom stereocenters. The fourth-order valence-electron chi connectivity index (χ4n) is 1.76. The average Bonchev–Trinajstić information content (AvgIpc) is 2.48. The van der Waals surface area contributed by atoms with E-state index in [9.17, 15) is 14.0 Å². The van der Waals surface area contributed by atoms with E-state index in [1.165, 1.54) is 24.3 Å². The zero-order chi connectivity index (χ0) is 17.2. The van der Waals surface area contributed by atoms with E-state index in [1.54, 1.807) is 6.07 Å². The first-order chi connectivity index (χ1) is 10.9. The predicted molar refractivity (Wildman–Crippen MR) is 84.9 cm³/mol. The number of carbonyl (C=O) groups excluding carboxylic acids is 1. The molecular formula is C15H19FN4O3. The number of benzene rings is 1. The smallest absolute Gasteiger partial charge is 0.326 e. The van der Waals surface area contributed by atoms with Crippen molar-refractivity contribution in [3.8, 4) is 0 Å². The fraction of sp³-hybridized carbons (Fsp3) is 0.267. The van der Waals surface area contributed by atoms with Crippen molar-refractivity contribution < 1.29 is 19.1 Å². The molecule has 0 spiro atoms. The van der Waals surface area contributed by atoms with Gasteiger partial charge in [-0.3, -0.25) is 9.79 Å². The van der Waals surface area contributed by atoms with E-state index in [0.717, 1.165) is 6.08 Å². The summed E-state index contributed by atoms with van der Waals surface area (Å²) in [5.41, 5.74) is 10.8. The molecule has 0 fully saturated rings.